The summed E-state index contributed by atoms with van der Waals surface area (Å²) in [6, 6.07) is 0. The molecule has 2 fully saturated rings. The number of carboxylic acids is 1. The molecule has 28 heavy (non-hydrogen) atoms. The molecule has 4 heteroatoms. The van der Waals surface area contributed by atoms with Gasteiger partial charge < -0.3 is 9.84 Å². The first-order valence-corrected chi connectivity index (χ1v) is 11.1. The molecule has 0 spiro atoms. The summed E-state index contributed by atoms with van der Waals surface area (Å²) in [6.07, 6.45) is 15.6. The van der Waals surface area contributed by atoms with Gasteiger partial charge in [0.1, 0.15) is 6.10 Å². The first-order valence-electron chi connectivity index (χ1n) is 11.1. The lowest BCUT2D eigenvalue weighted by molar-refractivity contribution is -0.146. The van der Waals surface area contributed by atoms with E-state index in [0.29, 0.717) is 5.92 Å². The van der Waals surface area contributed by atoms with Crippen molar-refractivity contribution in [3.8, 4) is 0 Å². The summed E-state index contributed by atoms with van der Waals surface area (Å²) in [4.78, 5) is 21.8. The fraction of sp³-hybridized carbons (Fsp3) is 0.750. The molecule has 160 valence electrons. The van der Waals surface area contributed by atoms with Crippen LogP contribution in [-0.2, 0) is 14.3 Å². The van der Waals surface area contributed by atoms with Gasteiger partial charge in [0.15, 0.2) is 0 Å². The van der Waals surface area contributed by atoms with Crippen molar-refractivity contribution in [2.24, 2.45) is 11.8 Å². The number of ether oxygens (including phenoxy) is 1. The van der Waals surface area contributed by atoms with E-state index in [1.807, 2.05) is 0 Å². The Morgan fingerprint density at radius 3 is 2.04 bits per heavy atom. The molecule has 0 heterocycles. The van der Waals surface area contributed by atoms with Gasteiger partial charge >= 0.3 is 11.9 Å². The Labute approximate surface area is 171 Å². The van der Waals surface area contributed by atoms with Crippen LogP contribution in [0.15, 0.2) is 23.8 Å². The first kappa shape index (κ1) is 24.5. The summed E-state index contributed by atoms with van der Waals surface area (Å²) >= 11 is 0. The van der Waals surface area contributed by atoms with Gasteiger partial charge in [0.2, 0.25) is 0 Å². The van der Waals surface area contributed by atoms with E-state index in [1.54, 1.807) is 0 Å². The first-order chi connectivity index (χ1) is 13.4. The standard InChI is InChI=1S/C21H36O2.C3H4O2/c1-4-20(21(22)23-19-13-9-6-10-14-19)17(3)15-16(2)18-11-7-5-8-12-18;1-2-3(4)5/h16,18-19H,4-15H2,1-3H3;2H,1H2,(H,4,5). The molecule has 0 aromatic carbocycles. The molecule has 0 aromatic heterocycles. The Kier molecular flexibility index (Phi) is 11.9. The van der Waals surface area contributed by atoms with Crippen molar-refractivity contribution in [2.45, 2.75) is 104 Å². The molecule has 0 radical (unpaired) electrons. The Morgan fingerprint density at radius 2 is 1.57 bits per heavy atom. The van der Waals surface area contributed by atoms with Crippen LogP contribution < -0.4 is 0 Å². The normalized spacial score (nSPS) is 20.2. The van der Waals surface area contributed by atoms with Crippen LogP contribution in [0.25, 0.3) is 0 Å². The molecule has 1 atom stereocenters. The van der Waals surface area contributed by atoms with Crippen molar-refractivity contribution in [3.05, 3.63) is 23.8 Å². The van der Waals surface area contributed by atoms with Crippen LogP contribution in [0.5, 0.6) is 0 Å². The highest BCUT2D eigenvalue weighted by Gasteiger charge is 2.24. The van der Waals surface area contributed by atoms with E-state index in [0.717, 1.165) is 43.3 Å². The molecule has 0 aliphatic heterocycles. The van der Waals surface area contributed by atoms with Crippen LogP contribution in [-0.4, -0.2) is 23.1 Å². The highest BCUT2D eigenvalue weighted by molar-refractivity contribution is 5.89. The molecule has 1 unspecified atom stereocenters. The topological polar surface area (TPSA) is 63.6 Å². The second kappa shape index (κ2) is 13.6. The van der Waals surface area contributed by atoms with Crippen LogP contribution in [0.2, 0.25) is 0 Å². The maximum Gasteiger partial charge on any atom is 0.334 e. The lowest BCUT2D eigenvalue weighted by atomic mass is 9.78. The van der Waals surface area contributed by atoms with Gasteiger partial charge in [0.25, 0.3) is 0 Å². The molecule has 0 aromatic rings. The van der Waals surface area contributed by atoms with Crippen LogP contribution in [0, 0.1) is 11.8 Å². The number of esters is 1. The molecule has 1 N–H and O–H groups in total. The largest absolute Gasteiger partial charge is 0.478 e. The Balaban J connectivity index is 0.000000696. The summed E-state index contributed by atoms with van der Waals surface area (Å²) in [6.45, 7) is 9.58. The minimum Gasteiger partial charge on any atom is -0.478 e. The van der Waals surface area contributed by atoms with E-state index in [1.165, 1.54) is 56.9 Å². The van der Waals surface area contributed by atoms with Crippen molar-refractivity contribution < 1.29 is 19.4 Å². The van der Waals surface area contributed by atoms with Gasteiger partial charge in [-0.3, -0.25) is 0 Å². The van der Waals surface area contributed by atoms with E-state index in [2.05, 4.69) is 27.4 Å². The molecule has 0 saturated heterocycles. The highest BCUT2D eigenvalue weighted by Crippen LogP contribution is 2.34. The lowest BCUT2D eigenvalue weighted by Gasteiger charge is -2.28. The van der Waals surface area contributed by atoms with Gasteiger partial charge in [-0.15, -0.1) is 0 Å². The van der Waals surface area contributed by atoms with Gasteiger partial charge in [-0.25, -0.2) is 9.59 Å². The van der Waals surface area contributed by atoms with Crippen molar-refractivity contribution >= 4 is 11.9 Å². The second-order valence-electron chi connectivity index (χ2n) is 8.40. The predicted molar refractivity (Wildman–Crippen MR) is 114 cm³/mol. The smallest absolute Gasteiger partial charge is 0.334 e. The van der Waals surface area contributed by atoms with Crippen molar-refractivity contribution in [3.63, 3.8) is 0 Å². The quantitative estimate of drug-likeness (QED) is 0.399. The molecular formula is C24H40O4. The molecule has 0 amide bonds. The zero-order chi connectivity index (χ0) is 20.9. The number of hydrogen-bond donors (Lipinski definition) is 1. The van der Waals surface area contributed by atoms with Gasteiger partial charge in [-0.05, 0) is 57.3 Å². The summed E-state index contributed by atoms with van der Waals surface area (Å²) in [5, 5.41) is 7.60. The molecule has 2 rings (SSSR count). The third-order valence-corrected chi connectivity index (χ3v) is 6.20. The maximum absolute atomic E-state index is 12.6. The number of allylic oxidation sites excluding steroid dienone is 1. The molecule has 0 bridgehead atoms. The Morgan fingerprint density at radius 1 is 1.07 bits per heavy atom. The molecule has 2 aliphatic rings. The molecular weight excluding hydrogens is 352 g/mol. The second-order valence-corrected chi connectivity index (χ2v) is 8.40. The monoisotopic (exact) mass is 392 g/mol. The van der Waals surface area contributed by atoms with E-state index in [-0.39, 0.29) is 12.1 Å². The lowest BCUT2D eigenvalue weighted by Crippen LogP contribution is -2.23. The fourth-order valence-electron chi connectivity index (χ4n) is 4.50. The zero-order valence-electron chi connectivity index (χ0n) is 18.2. The van der Waals surface area contributed by atoms with E-state index >= 15 is 0 Å². The third kappa shape index (κ3) is 9.07. The third-order valence-electron chi connectivity index (χ3n) is 6.20. The number of rotatable bonds is 7. The summed E-state index contributed by atoms with van der Waals surface area (Å²) < 4.78 is 5.80. The van der Waals surface area contributed by atoms with E-state index < -0.39 is 5.97 Å². The zero-order valence-corrected chi connectivity index (χ0v) is 18.2. The van der Waals surface area contributed by atoms with Gasteiger partial charge in [0, 0.05) is 11.6 Å². The Hall–Kier alpha value is -1.58. The average molecular weight is 393 g/mol. The summed E-state index contributed by atoms with van der Waals surface area (Å²) in [7, 11) is 0. The molecule has 4 nitrogen and oxygen atoms in total. The maximum atomic E-state index is 12.6. The van der Waals surface area contributed by atoms with E-state index in [4.69, 9.17) is 9.84 Å². The van der Waals surface area contributed by atoms with Gasteiger partial charge in [-0.2, -0.15) is 0 Å². The van der Waals surface area contributed by atoms with Gasteiger partial charge in [-0.1, -0.05) is 64.5 Å². The van der Waals surface area contributed by atoms with Crippen LogP contribution in [0.4, 0.5) is 0 Å². The average Bonchev–Trinajstić information content (AvgIpc) is 2.70. The van der Waals surface area contributed by atoms with Crippen molar-refractivity contribution in [1.82, 2.24) is 0 Å². The Bertz CT molecular complexity index is 523. The van der Waals surface area contributed by atoms with Crippen LogP contribution in [0.3, 0.4) is 0 Å². The summed E-state index contributed by atoms with van der Waals surface area (Å²) in [5.41, 5.74) is 2.21. The van der Waals surface area contributed by atoms with Crippen LogP contribution >= 0.6 is 0 Å². The minimum atomic E-state index is -0.981. The van der Waals surface area contributed by atoms with Crippen LogP contribution in [0.1, 0.15) is 97.8 Å². The number of aliphatic carboxylic acids is 1. The number of carbonyl (C=O) groups excluding carboxylic acids is 1. The molecule has 2 saturated carbocycles. The SMILES string of the molecule is C=CC(=O)O.CCC(C(=O)OC1CCCCC1)=C(C)CC(C)C1CCCCC1. The number of carboxylic acid groups (broad SMARTS) is 1. The minimum absolute atomic E-state index is 0.0345. The highest BCUT2D eigenvalue weighted by atomic mass is 16.5. The number of hydrogen-bond acceptors (Lipinski definition) is 3. The fourth-order valence-corrected chi connectivity index (χ4v) is 4.50. The van der Waals surface area contributed by atoms with E-state index in [9.17, 15) is 9.59 Å². The van der Waals surface area contributed by atoms with Crippen molar-refractivity contribution in [2.75, 3.05) is 0 Å². The van der Waals surface area contributed by atoms with Gasteiger partial charge in [0.05, 0.1) is 0 Å². The number of carbonyl (C=O) groups is 2. The predicted octanol–water partition coefficient (Wildman–Crippen LogP) is 6.45. The molecule has 2 aliphatic carbocycles. The van der Waals surface area contributed by atoms with Crippen molar-refractivity contribution in [1.29, 1.82) is 0 Å². The summed E-state index contributed by atoms with van der Waals surface area (Å²) in [5.74, 6) is 0.531.